The highest BCUT2D eigenvalue weighted by Gasteiger charge is 2.37. The van der Waals surface area contributed by atoms with Crippen molar-refractivity contribution in [2.75, 3.05) is 7.11 Å². The van der Waals surface area contributed by atoms with Crippen molar-refractivity contribution >= 4 is 8.56 Å². The molecule has 0 aromatic heterocycles. The Morgan fingerprint density at radius 2 is 1.86 bits per heavy atom. The fourth-order valence-corrected chi connectivity index (χ4v) is 4.15. The molecule has 0 fully saturated rings. The van der Waals surface area contributed by atoms with Crippen molar-refractivity contribution in [2.24, 2.45) is 17.4 Å². The second kappa shape index (κ2) is 5.23. The summed E-state index contributed by atoms with van der Waals surface area (Å²) < 4.78 is 11.1. The van der Waals surface area contributed by atoms with E-state index in [1.54, 1.807) is 7.11 Å². The summed E-state index contributed by atoms with van der Waals surface area (Å²) in [6.07, 6.45) is 0.580. The molecule has 14 heavy (non-hydrogen) atoms. The highest BCUT2D eigenvalue weighted by molar-refractivity contribution is 6.66. The van der Waals surface area contributed by atoms with Gasteiger partial charge in [-0.05, 0) is 18.5 Å². The van der Waals surface area contributed by atoms with Gasteiger partial charge in [-0.2, -0.15) is 0 Å². The van der Waals surface area contributed by atoms with Crippen LogP contribution in [0, 0.1) is 5.92 Å². The molecule has 0 saturated heterocycles. The summed E-state index contributed by atoms with van der Waals surface area (Å²) in [6, 6.07) is 0.902. The molecular weight excluding hydrogens is 196 g/mol. The van der Waals surface area contributed by atoms with Crippen molar-refractivity contribution in [2.45, 2.75) is 45.6 Å². The predicted molar refractivity (Wildman–Crippen MR) is 60.8 cm³/mol. The summed E-state index contributed by atoms with van der Waals surface area (Å²) in [5, 5.41) is 0. The molecule has 4 nitrogen and oxygen atoms in total. The van der Waals surface area contributed by atoms with Crippen LogP contribution < -0.4 is 11.5 Å². The fraction of sp³-hybridized carbons (Fsp3) is 1.00. The van der Waals surface area contributed by atoms with Gasteiger partial charge in [-0.3, -0.25) is 11.5 Å². The van der Waals surface area contributed by atoms with Gasteiger partial charge in [-0.1, -0.05) is 20.8 Å². The van der Waals surface area contributed by atoms with Gasteiger partial charge < -0.3 is 8.85 Å². The molecule has 4 N–H and O–H groups in total. The van der Waals surface area contributed by atoms with Crippen LogP contribution in [0.4, 0.5) is 0 Å². The molecule has 0 aliphatic heterocycles. The molecule has 1 unspecified atom stereocenters. The normalized spacial score (nSPS) is 17.1. The van der Waals surface area contributed by atoms with E-state index in [1.165, 1.54) is 0 Å². The molecule has 86 valence electrons. The Hall–Kier alpha value is 0.0569. The van der Waals surface area contributed by atoms with E-state index >= 15 is 0 Å². The molecule has 0 rings (SSSR count). The van der Waals surface area contributed by atoms with E-state index in [-0.39, 0.29) is 0 Å². The van der Waals surface area contributed by atoms with Gasteiger partial charge in [0.15, 0.2) is 5.85 Å². The lowest BCUT2D eigenvalue weighted by molar-refractivity contribution is 0.0336. The van der Waals surface area contributed by atoms with Crippen molar-refractivity contribution in [1.82, 2.24) is 0 Å². The number of hydrogen-bond donors (Lipinski definition) is 2. The zero-order valence-electron chi connectivity index (χ0n) is 9.96. The molecule has 0 aromatic rings. The van der Waals surface area contributed by atoms with Gasteiger partial charge in [0.1, 0.15) is 0 Å². The quantitative estimate of drug-likeness (QED) is 0.524. The predicted octanol–water partition coefficient (Wildman–Crippen LogP) is 1.36. The van der Waals surface area contributed by atoms with Crippen LogP contribution in [0.25, 0.3) is 0 Å². The molecule has 5 heteroatoms. The van der Waals surface area contributed by atoms with Gasteiger partial charge >= 0.3 is 8.56 Å². The fourth-order valence-electron chi connectivity index (χ4n) is 1.38. The first kappa shape index (κ1) is 14.1. The van der Waals surface area contributed by atoms with Crippen molar-refractivity contribution in [3.8, 4) is 0 Å². The van der Waals surface area contributed by atoms with Crippen molar-refractivity contribution in [1.29, 1.82) is 0 Å². The Kier molecular flexibility index (Phi) is 5.25. The molecule has 0 radical (unpaired) electrons. The monoisotopic (exact) mass is 220 g/mol. The number of nitrogens with two attached hydrogens (primary N) is 2. The van der Waals surface area contributed by atoms with Crippen LogP contribution in [-0.2, 0) is 8.85 Å². The Labute approximate surface area is 88.2 Å². The SMILES string of the molecule is CCC(N)(N)O[Si](C)(CC(C)C)OC. The lowest BCUT2D eigenvalue weighted by atomic mass is 10.3. The van der Waals surface area contributed by atoms with Crippen LogP contribution in [0.3, 0.4) is 0 Å². The molecular formula is C9H24N2O2Si. The smallest absolute Gasteiger partial charge is 0.337 e. The average Bonchev–Trinajstić information content (AvgIpc) is 2.02. The van der Waals surface area contributed by atoms with Crippen LogP contribution in [-0.4, -0.2) is 21.5 Å². The first-order valence-corrected chi connectivity index (χ1v) is 7.60. The second-order valence-corrected chi connectivity index (χ2v) is 7.63. The maximum atomic E-state index is 5.76. The molecule has 0 aromatic carbocycles. The van der Waals surface area contributed by atoms with E-state index in [1.807, 2.05) is 13.5 Å². The summed E-state index contributed by atoms with van der Waals surface area (Å²) in [7, 11) is -0.526. The Bertz CT molecular complexity index is 176. The third kappa shape index (κ3) is 5.07. The van der Waals surface area contributed by atoms with Crippen LogP contribution in [0.1, 0.15) is 27.2 Å². The van der Waals surface area contributed by atoms with Crippen LogP contribution in [0.5, 0.6) is 0 Å². The van der Waals surface area contributed by atoms with E-state index in [0.717, 1.165) is 6.04 Å². The Morgan fingerprint density at radius 1 is 1.36 bits per heavy atom. The van der Waals surface area contributed by atoms with Gasteiger partial charge in [-0.25, -0.2) is 0 Å². The first-order chi connectivity index (χ1) is 6.24. The largest absolute Gasteiger partial charge is 0.398 e. The Balaban J connectivity index is 4.39. The van der Waals surface area contributed by atoms with Crippen LogP contribution in [0.15, 0.2) is 0 Å². The number of rotatable bonds is 6. The molecule has 0 amide bonds. The van der Waals surface area contributed by atoms with Gasteiger partial charge in [0, 0.05) is 13.5 Å². The minimum Gasteiger partial charge on any atom is -0.398 e. The minimum absolute atomic E-state index is 0.527. The van der Waals surface area contributed by atoms with Gasteiger partial charge in [0.05, 0.1) is 0 Å². The number of hydrogen-bond acceptors (Lipinski definition) is 4. The van der Waals surface area contributed by atoms with E-state index in [4.69, 9.17) is 20.3 Å². The van der Waals surface area contributed by atoms with Gasteiger partial charge in [-0.15, -0.1) is 0 Å². The molecule has 0 aliphatic rings. The summed E-state index contributed by atoms with van der Waals surface area (Å²) in [5.74, 6) is -0.523. The Morgan fingerprint density at radius 3 is 2.14 bits per heavy atom. The zero-order valence-corrected chi connectivity index (χ0v) is 11.0. The zero-order chi connectivity index (χ0) is 11.4. The molecule has 0 bridgehead atoms. The third-order valence-corrected chi connectivity index (χ3v) is 5.40. The summed E-state index contributed by atoms with van der Waals surface area (Å²) >= 11 is 0. The topological polar surface area (TPSA) is 70.5 Å². The van der Waals surface area contributed by atoms with Crippen molar-refractivity contribution in [3.63, 3.8) is 0 Å². The van der Waals surface area contributed by atoms with Gasteiger partial charge in [0.2, 0.25) is 0 Å². The summed E-state index contributed by atoms with van der Waals surface area (Å²) in [5.41, 5.74) is 11.5. The molecule has 0 spiro atoms. The lowest BCUT2D eigenvalue weighted by Crippen LogP contribution is -2.59. The molecule has 0 saturated carbocycles. The molecule has 0 aliphatic carbocycles. The standard InChI is InChI=1S/C9H24N2O2Si/c1-6-9(10,11)13-14(5,12-4)7-8(2)3/h8H,6-7,10-11H2,1-5H3. The second-order valence-electron chi connectivity index (χ2n) is 4.35. The maximum Gasteiger partial charge on any atom is 0.337 e. The minimum atomic E-state index is -2.19. The van der Waals surface area contributed by atoms with E-state index in [2.05, 4.69) is 13.8 Å². The molecule has 1 atom stereocenters. The van der Waals surface area contributed by atoms with E-state index in [9.17, 15) is 0 Å². The van der Waals surface area contributed by atoms with Crippen molar-refractivity contribution < 1.29 is 8.85 Å². The lowest BCUT2D eigenvalue weighted by Gasteiger charge is -2.35. The highest BCUT2D eigenvalue weighted by Crippen LogP contribution is 2.22. The average molecular weight is 220 g/mol. The van der Waals surface area contributed by atoms with E-state index in [0.29, 0.717) is 12.3 Å². The maximum absolute atomic E-state index is 5.76. The third-order valence-electron chi connectivity index (χ3n) is 2.17. The van der Waals surface area contributed by atoms with Crippen LogP contribution in [0.2, 0.25) is 12.6 Å². The van der Waals surface area contributed by atoms with Crippen LogP contribution >= 0.6 is 0 Å². The van der Waals surface area contributed by atoms with Gasteiger partial charge in [0.25, 0.3) is 0 Å². The highest BCUT2D eigenvalue weighted by atomic mass is 28.4. The summed E-state index contributed by atoms with van der Waals surface area (Å²) in [6.45, 7) is 8.17. The summed E-state index contributed by atoms with van der Waals surface area (Å²) in [4.78, 5) is 0. The molecule has 0 heterocycles. The van der Waals surface area contributed by atoms with Crippen molar-refractivity contribution in [3.05, 3.63) is 0 Å². The first-order valence-electron chi connectivity index (χ1n) is 5.08. The van der Waals surface area contributed by atoms with E-state index < -0.39 is 14.4 Å².